The van der Waals surface area contributed by atoms with E-state index in [2.05, 4.69) is 5.32 Å². The molecule has 4 nitrogen and oxygen atoms in total. The summed E-state index contributed by atoms with van der Waals surface area (Å²) in [5.41, 5.74) is 2.68. The van der Waals surface area contributed by atoms with Crippen LogP contribution in [0.4, 0.5) is 0 Å². The van der Waals surface area contributed by atoms with Crippen LogP contribution in [-0.4, -0.2) is 5.91 Å². The standard InChI is InChI=1S/C18H13NO3/c1-10-6-8-11(9-7-10)15-14-16(20)12-4-2-3-5-13(12)22-17(14)18(21)19-15/h2-9,15H,1H3,(H,19,21). The zero-order valence-corrected chi connectivity index (χ0v) is 11.9. The summed E-state index contributed by atoms with van der Waals surface area (Å²) in [4.78, 5) is 24.9. The molecule has 0 radical (unpaired) electrons. The third-order valence-electron chi connectivity index (χ3n) is 4.01. The number of para-hydroxylation sites is 1. The predicted molar refractivity (Wildman–Crippen MR) is 83.0 cm³/mol. The molecule has 0 saturated heterocycles. The topological polar surface area (TPSA) is 59.3 Å². The molecule has 2 heterocycles. The molecule has 0 saturated carbocycles. The lowest BCUT2D eigenvalue weighted by Gasteiger charge is -2.11. The SMILES string of the molecule is Cc1ccc(C2NC(=O)c3oc4ccccc4c(=O)c32)cc1. The number of fused-ring (bicyclic) bond motifs is 2. The van der Waals surface area contributed by atoms with Crippen molar-refractivity contribution in [3.63, 3.8) is 0 Å². The molecule has 0 fully saturated rings. The third-order valence-corrected chi connectivity index (χ3v) is 4.01. The number of carbonyl (C=O) groups excluding carboxylic acids is 1. The van der Waals surface area contributed by atoms with Gasteiger partial charge in [-0.1, -0.05) is 42.0 Å². The Hall–Kier alpha value is -2.88. The van der Waals surface area contributed by atoms with Crippen molar-refractivity contribution in [2.45, 2.75) is 13.0 Å². The molecule has 0 spiro atoms. The minimum Gasteiger partial charge on any atom is -0.450 e. The summed E-state index contributed by atoms with van der Waals surface area (Å²) in [5, 5.41) is 3.33. The Morgan fingerprint density at radius 1 is 1.00 bits per heavy atom. The van der Waals surface area contributed by atoms with Crippen LogP contribution in [0.1, 0.15) is 33.3 Å². The van der Waals surface area contributed by atoms with Crippen LogP contribution in [0.25, 0.3) is 11.0 Å². The van der Waals surface area contributed by atoms with Crippen LogP contribution in [0.3, 0.4) is 0 Å². The third kappa shape index (κ3) is 1.77. The van der Waals surface area contributed by atoms with E-state index in [1.807, 2.05) is 31.2 Å². The van der Waals surface area contributed by atoms with Crippen LogP contribution in [-0.2, 0) is 0 Å². The second kappa shape index (κ2) is 4.56. The molecule has 22 heavy (non-hydrogen) atoms. The van der Waals surface area contributed by atoms with Gasteiger partial charge in [-0.05, 0) is 24.6 Å². The molecule has 1 unspecified atom stereocenters. The van der Waals surface area contributed by atoms with Gasteiger partial charge in [-0.3, -0.25) is 9.59 Å². The van der Waals surface area contributed by atoms with Crippen molar-refractivity contribution < 1.29 is 9.21 Å². The summed E-state index contributed by atoms with van der Waals surface area (Å²) < 4.78 is 5.66. The maximum Gasteiger partial charge on any atom is 0.288 e. The molecule has 2 aromatic carbocycles. The first kappa shape index (κ1) is 12.8. The second-order valence-corrected chi connectivity index (χ2v) is 5.49. The van der Waals surface area contributed by atoms with Gasteiger partial charge in [0.15, 0.2) is 5.43 Å². The number of aryl methyl sites for hydroxylation is 1. The Morgan fingerprint density at radius 2 is 1.73 bits per heavy atom. The Kier molecular flexibility index (Phi) is 2.66. The molecule has 3 aromatic rings. The van der Waals surface area contributed by atoms with E-state index in [4.69, 9.17) is 4.42 Å². The van der Waals surface area contributed by atoms with Gasteiger partial charge in [0.25, 0.3) is 5.91 Å². The number of carbonyl (C=O) groups is 1. The van der Waals surface area contributed by atoms with Gasteiger partial charge in [0.05, 0.1) is 17.0 Å². The van der Waals surface area contributed by atoms with Gasteiger partial charge in [-0.15, -0.1) is 0 Å². The molecule has 4 rings (SSSR count). The summed E-state index contributed by atoms with van der Waals surface area (Å²) in [7, 11) is 0. The minimum absolute atomic E-state index is 0.120. The fourth-order valence-corrected chi connectivity index (χ4v) is 2.86. The van der Waals surface area contributed by atoms with Gasteiger partial charge in [-0.2, -0.15) is 0 Å². The molecule has 0 aliphatic carbocycles. The number of hydrogen-bond donors (Lipinski definition) is 1. The molecule has 1 atom stereocenters. The van der Waals surface area contributed by atoms with E-state index in [9.17, 15) is 9.59 Å². The van der Waals surface area contributed by atoms with E-state index in [1.54, 1.807) is 24.3 Å². The number of hydrogen-bond acceptors (Lipinski definition) is 3. The van der Waals surface area contributed by atoms with Gasteiger partial charge in [0.2, 0.25) is 5.76 Å². The largest absolute Gasteiger partial charge is 0.450 e. The van der Waals surface area contributed by atoms with Crippen molar-refractivity contribution in [1.29, 1.82) is 0 Å². The maximum absolute atomic E-state index is 12.8. The Bertz CT molecular complexity index is 954. The molecule has 1 aliphatic rings. The van der Waals surface area contributed by atoms with Crippen molar-refractivity contribution >= 4 is 16.9 Å². The number of benzene rings is 2. The van der Waals surface area contributed by atoms with Gasteiger partial charge >= 0.3 is 0 Å². The monoisotopic (exact) mass is 291 g/mol. The van der Waals surface area contributed by atoms with Crippen LogP contribution in [0.5, 0.6) is 0 Å². The normalized spacial score (nSPS) is 16.6. The summed E-state index contributed by atoms with van der Waals surface area (Å²) in [6.07, 6.45) is 0. The lowest BCUT2D eigenvalue weighted by atomic mass is 9.98. The Labute approximate surface area is 126 Å². The highest BCUT2D eigenvalue weighted by molar-refractivity contribution is 5.98. The molecule has 1 amide bonds. The molecule has 1 aliphatic heterocycles. The number of nitrogens with one attached hydrogen (secondary N) is 1. The summed E-state index contributed by atoms with van der Waals surface area (Å²) in [5.74, 6) is -0.224. The van der Waals surface area contributed by atoms with Crippen molar-refractivity contribution in [2.75, 3.05) is 0 Å². The van der Waals surface area contributed by atoms with E-state index in [0.717, 1.165) is 11.1 Å². The molecular formula is C18H13NO3. The van der Waals surface area contributed by atoms with Crippen molar-refractivity contribution in [3.8, 4) is 0 Å². The highest BCUT2D eigenvalue weighted by Crippen LogP contribution is 2.30. The molecule has 0 bridgehead atoms. The fraction of sp³-hybridized carbons (Fsp3) is 0.111. The predicted octanol–water partition coefficient (Wildman–Crippen LogP) is 2.93. The lowest BCUT2D eigenvalue weighted by Crippen LogP contribution is -2.21. The minimum atomic E-state index is -0.455. The number of rotatable bonds is 1. The Balaban J connectivity index is 1.99. The van der Waals surface area contributed by atoms with Gasteiger partial charge in [-0.25, -0.2) is 0 Å². The highest BCUT2D eigenvalue weighted by atomic mass is 16.3. The lowest BCUT2D eigenvalue weighted by molar-refractivity contribution is 0.0938. The average Bonchev–Trinajstić information content (AvgIpc) is 2.86. The first-order chi connectivity index (χ1) is 10.6. The zero-order chi connectivity index (χ0) is 15.3. The Morgan fingerprint density at radius 3 is 2.50 bits per heavy atom. The second-order valence-electron chi connectivity index (χ2n) is 5.49. The molecule has 108 valence electrons. The van der Waals surface area contributed by atoms with E-state index < -0.39 is 6.04 Å². The van der Waals surface area contributed by atoms with E-state index in [-0.39, 0.29) is 17.1 Å². The zero-order valence-electron chi connectivity index (χ0n) is 11.9. The maximum atomic E-state index is 12.8. The van der Waals surface area contributed by atoms with Crippen LogP contribution in [0.15, 0.2) is 57.7 Å². The van der Waals surface area contributed by atoms with Crippen LogP contribution in [0.2, 0.25) is 0 Å². The van der Waals surface area contributed by atoms with Crippen molar-refractivity contribution in [2.24, 2.45) is 0 Å². The highest BCUT2D eigenvalue weighted by Gasteiger charge is 2.35. The van der Waals surface area contributed by atoms with Crippen LogP contribution in [0, 0.1) is 6.92 Å². The first-order valence-electron chi connectivity index (χ1n) is 7.08. The summed E-state index contributed by atoms with van der Waals surface area (Å²) in [6, 6.07) is 14.3. The van der Waals surface area contributed by atoms with E-state index in [0.29, 0.717) is 16.5 Å². The van der Waals surface area contributed by atoms with E-state index in [1.165, 1.54) is 0 Å². The van der Waals surface area contributed by atoms with Gasteiger partial charge < -0.3 is 9.73 Å². The number of amides is 1. The molecule has 4 heteroatoms. The summed E-state index contributed by atoms with van der Waals surface area (Å²) >= 11 is 0. The molecular weight excluding hydrogens is 278 g/mol. The fourth-order valence-electron chi connectivity index (χ4n) is 2.86. The van der Waals surface area contributed by atoms with Gasteiger partial charge in [0, 0.05) is 0 Å². The average molecular weight is 291 g/mol. The van der Waals surface area contributed by atoms with Crippen LogP contribution >= 0.6 is 0 Å². The van der Waals surface area contributed by atoms with E-state index >= 15 is 0 Å². The quantitative estimate of drug-likeness (QED) is 0.750. The van der Waals surface area contributed by atoms with Crippen molar-refractivity contribution in [3.05, 3.63) is 81.2 Å². The van der Waals surface area contributed by atoms with Crippen molar-refractivity contribution in [1.82, 2.24) is 5.32 Å². The van der Waals surface area contributed by atoms with Gasteiger partial charge in [0.1, 0.15) is 5.58 Å². The molecule has 1 N–H and O–H groups in total. The summed E-state index contributed by atoms with van der Waals surface area (Å²) in [6.45, 7) is 1.99. The van der Waals surface area contributed by atoms with Crippen LogP contribution < -0.4 is 10.7 Å². The molecule has 1 aromatic heterocycles. The smallest absolute Gasteiger partial charge is 0.288 e. The first-order valence-corrected chi connectivity index (χ1v) is 7.08.